The number of carbonyl (C=O) groups is 2. The van der Waals surface area contributed by atoms with Crippen LogP contribution < -0.4 is 0 Å². The van der Waals surface area contributed by atoms with Crippen LogP contribution in [0, 0.1) is 0 Å². The summed E-state index contributed by atoms with van der Waals surface area (Å²) in [4.78, 5) is 27.4. The first kappa shape index (κ1) is 46.2. The van der Waals surface area contributed by atoms with E-state index in [2.05, 4.69) is 38.1 Å². The van der Waals surface area contributed by atoms with Crippen LogP contribution in [0.5, 0.6) is 0 Å². The molecule has 0 atom stereocenters. The lowest BCUT2D eigenvalue weighted by Gasteiger charge is -2.20. The van der Waals surface area contributed by atoms with Gasteiger partial charge in [-0.3, -0.25) is 9.59 Å². The van der Waals surface area contributed by atoms with E-state index in [0.29, 0.717) is 13.1 Å². The smallest absolute Gasteiger partial charge is 0.210 e. The maximum atomic E-state index is 11.8. The number of hydrogen-bond donors (Lipinski definition) is 0. The summed E-state index contributed by atoms with van der Waals surface area (Å²) in [5, 5.41) is 0. The number of amides is 2. The van der Waals surface area contributed by atoms with Crippen LogP contribution in [0.15, 0.2) is 24.3 Å². The zero-order valence-corrected chi connectivity index (χ0v) is 33.6. The van der Waals surface area contributed by atoms with Crippen LogP contribution in [0.3, 0.4) is 0 Å². The minimum Gasteiger partial charge on any atom is -0.341 e. The summed E-state index contributed by atoms with van der Waals surface area (Å²) < 4.78 is 0. The molecule has 0 spiro atoms. The van der Waals surface area contributed by atoms with Gasteiger partial charge in [0.05, 0.1) is 0 Å². The third-order valence-corrected chi connectivity index (χ3v) is 10.7. The predicted octanol–water partition coefficient (Wildman–Crippen LogP) is 14.1. The van der Waals surface area contributed by atoms with Crippen LogP contribution in [0.25, 0.3) is 0 Å². The van der Waals surface area contributed by atoms with Crippen LogP contribution in [0.2, 0.25) is 0 Å². The fourth-order valence-electron chi connectivity index (χ4n) is 7.36. The number of unbranched alkanes of at least 4 members (excludes halogenated alkanes) is 30. The molecule has 0 saturated heterocycles. The Labute approximate surface area is 312 Å². The van der Waals surface area contributed by atoms with E-state index in [1.54, 1.807) is 0 Å². The minimum atomic E-state index is 0.649. The van der Waals surface area contributed by atoms with E-state index in [4.69, 9.17) is 0 Å². The molecule has 290 valence electrons. The molecule has 0 aromatic heterocycles. The quantitative estimate of drug-likeness (QED) is 0.0506. The molecular formula is C46H84N2O2. The third kappa shape index (κ3) is 29.8. The number of hydrogen-bond acceptors (Lipinski definition) is 2. The van der Waals surface area contributed by atoms with E-state index in [0.717, 1.165) is 49.9 Å². The molecule has 1 aromatic carbocycles. The van der Waals surface area contributed by atoms with Crippen molar-refractivity contribution in [3.05, 3.63) is 35.4 Å². The second-order valence-corrected chi connectivity index (χ2v) is 15.6. The van der Waals surface area contributed by atoms with Gasteiger partial charge in [-0.15, -0.1) is 0 Å². The van der Waals surface area contributed by atoms with Gasteiger partial charge in [-0.05, 0) is 24.0 Å². The molecule has 0 unspecified atom stereocenters. The molecule has 4 heteroatoms. The van der Waals surface area contributed by atoms with Crippen LogP contribution in [-0.2, 0) is 22.7 Å². The Bertz CT molecular complexity index is 793. The third-order valence-electron chi connectivity index (χ3n) is 10.7. The molecular weight excluding hydrogens is 613 g/mol. The van der Waals surface area contributed by atoms with Crippen molar-refractivity contribution in [1.29, 1.82) is 0 Å². The standard InChI is InChI=1S/C46H84N2O2/c1-3-5-7-9-11-13-15-17-19-21-23-25-27-29-31-33-38-47(43-49)41-45-36-35-37-46(40-45)42-48(44-50)39-34-32-30-28-26-24-22-20-18-16-14-12-10-8-6-4-2/h35-37,40,43-44H,3-34,38-39,41-42H2,1-2H3. The first-order valence-electron chi connectivity index (χ1n) is 22.2. The molecule has 0 N–H and O–H groups in total. The molecule has 0 bridgehead atoms. The average Bonchev–Trinajstić information content (AvgIpc) is 3.13. The van der Waals surface area contributed by atoms with Crippen molar-refractivity contribution in [2.24, 2.45) is 0 Å². The van der Waals surface area contributed by atoms with Crippen LogP contribution in [0.4, 0.5) is 0 Å². The van der Waals surface area contributed by atoms with Crippen LogP contribution in [0.1, 0.15) is 230 Å². The second-order valence-electron chi connectivity index (χ2n) is 15.6. The minimum absolute atomic E-state index is 0.649. The topological polar surface area (TPSA) is 40.6 Å². The molecule has 4 nitrogen and oxygen atoms in total. The van der Waals surface area contributed by atoms with Gasteiger partial charge in [-0.2, -0.15) is 0 Å². The Morgan fingerprint density at radius 2 is 0.620 bits per heavy atom. The molecule has 0 aliphatic heterocycles. The van der Waals surface area contributed by atoms with Gasteiger partial charge >= 0.3 is 0 Å². The Kier molecular flexibility index (Phi) is 34.1. The van der Waals surface area contributed by atoms with Crippen LogP contribution >= 0.6 is 0 Å². The summed E-state index contributed by atoms with van der Waals surface area (Å²) in [6, 6.07) is 8.46. The van der Waals surface area contributed by atoms with Gasteiger partial charge in [-0.1, -0.05) is 231 Å². The lowest BCUT2D eigenvalue weighted by Crippen LogP contribution is -2.24. The Hall–Kier alpha value is -1.84. The summed E-state index contributed by atoms with van der Waals surface area (Å²) >= 11 is 0. The van der Waals surface area contributed by atoms with Gasteiger partial charge in [0.2, 0.25) is 12.8 Å². The zero-order chi connectivity index (χ0) is 36.0. The van der Waals surface area contributed by atoms with Gasteiger partial charge in [0.15, 0.2) is 0 Å². The Morgan fingerprint density at radius 3 is 0.860 bits per heavy atom. The number of carbonyl (C=O) groups excluding carboxylic acids is 2. The molecule has 0 radical (unpaired) electrons. The van der Waals surface area contributed by atoms with Crippen molar-refractivity contribution in [2.45, 2.75) is 232 Å². The first-order chi connectivity index (χ1) is 24.7. The van der Waals surface area contributed by atoms with E-state index >= 15 is 0 Å². The van der Waals surface area contributed by atoms with E-state index < -0.39 is 0 Å². The summed E-state index contributed by atoms with van der Waals surface area (Å²) in [5.74, 6) is 0. The lowest BCUT2D eigenvalue weighted by atomic mass is 10.0. The normalized spacial score (nSPS) is 11.2. The fraction of sp³-hybridized carbons (Fsp3) is 0.826. The van der Waals surface area contributed by atoms with E-state index in [-0.39, 0.29) is 0 Å². The van der Waals surface area contributed by atoms with E-state index in [1.165, 1.54) is 193 Å². The molecule has 0 aliphatic carbocycles. The second kappa shape index (κ2) is 36.9. The van der Waals surface area contributed by atoms with Gasteiger partial charge in [-0.25, -0.2) is 0 Å². The van der Waals surface area contributed by atoms with Gasteiger partial charge in [0, 0.05) is 26.2 Å². The summed E-state index contributed by atoms with van der Waals surface area (Å²) in [6.07, 6.45) is 45.6. The van der Waals surface area contributed by atoms with Gasteiger partial charge in [0.25, 0.3) is 0 Å². The van der Waals surface area contributed by atoms with E-state index in [1.807, 2.05) is 9.80 Å². The molecule has 2 amide bonds. The summed E-state index contributed by atoms with van der Waals surface area (Å²) in [7, 11) is 0. The molecule has 50 heavy (non-hydrogen) atoms. The average molecular weight is 697 g/mol. The largest absolute Gasteiger partial charge is 0.341 e. The molecule has 0 saturated carbocycles. The van der Waals surface area contributed by atoms with Crippen molar-refractivity contribution < 1.29 is 9.59 Å². The number of nitrogens with zero attached hydrogens (tertiary/aromatic N) is 2. The van der Waals surface area contributed by atoms with Crippen LogP contribution in [-0.4, -0.2) is 35.7 Å². The highest BCUT2D eigenvalue weighted by Gasteiger charge is 2.07. The SMILES string of the molecule is CCCCCCCCCCCCCCCCCCN(C=O)Cc1cccc(CN(C=O)CCCCCCCCCCCCCCCCCC)c1. The highest BCUT2D eigenvalue weighted by molar-refractivity contribution is 5.48. The monoisotopic (exact) mass is 697 g/mol. The van der Waals surface area contributed by atoms with Crippen molar-refractivity contribution in [3.8, 4) is 0 Å². The first-order valence-corrected chi connectivity index (χ1v) is 22.2. The molecule has 1 aromatic rings. The number of rotatable bonds is 40. The summed E-state index contributed by atoms with van der Waals surface area (Å²) in [6.45, 7) is 7.53. The molecule has 0 fully saturated rings. The predicted molar refractivity (Wildman–Crippen MR) is 218 cm³/mol. The Balaban J connectivity index is 2.05. The van der Waals surface area contributed by atoms with E-state index in [9.17, 15) is 9.59 Å². The number of benzene rings is 1. The molecule has 0 aliphatic rings. The zero-order valence-electron chi connectivity index (χ0n) is 33.6. The molecule has 1 rings (SSSR count). The maximum Gasteiger partial charge on any atom is 0.210 e. The highest BCUT2D eigenvalue weighted by atomic mass is 16.1. The fourth-order valence-corrected chi connectivity index (χ4v) is 7.36. The Morgan fingerprint density at radius 1 is 0.380 bits per heavy atom. The van der Waals surface area contributed by atoms with Gasteiger partial charge in [0.1, 0.15) is 0 Å². The van der Waals surface area contributed by atoms with Gasteiger partial charge < -0.3 is 9.80 Å². The lowest BCUT2D eigenvalue weighted by molar-refractivity contribution is -0.119. The summed E-state index contributed by atoms with van der Waals surface area (Å²) in [5.41, 5.74) is 2.30. The van der Waals surface area contributed by atoms with Crippen molar-refractivity contribution in [3.63, 3.8) is 0 Å². The van der Waals surface area contributed by atoms with Crippen molar-refractivity contribution in [2.75, 3.05) is 13.1 Å². The van der Waals surface area contributed by atoms with Crippen molar-refractivity contribution >= 4 is 12.8 Å². The maximum absolute atomic E-state index is 11.8. The van der Waals surface area contributed by atoms with Crippen molar-refractivity contribution in [1.82, 2.24) is 9.80 Å². The highest BCUT2D eigenvalue weighted by Crippen LogP contribution is 2.17. The molecule has 0 heterocycles.